The zero-order valence-electron chi connectivity index (χ0n) is 14.9. The number of aryl methyl sites for hydroxylation is 3. The Morgan fingerprint density at radius 2 is 2.04 bits per heavy atom. The Morgan fingerprint density at radius 3 is 2.80 bits per heavy atom. The van der Waals surface area contributed by atoms with Gasteiger partial charge in [0, 0.05) is 12.6 Å². The van der Waals surface area contributed by atoms with Crippen LogP contribution in [0.2, 0.25) is 0 Å². The van der Waals surface area contributed by atoms with E-state index < -0.39 is 0 Å². The van der Waals surface area contributed by atoms with Crippen molar-refractivity contribution in [3.63, 3.8) is 0 Å². The van der Waals surface area contributed by atoms with Crippen molar-refractivity contribution in [2.45, 2.75) is 58.5 Å². The molecule has 0 amide bonds. The van der Waals surface area contributed by atoms with E-state index in [1.165, 1.54) is 18.4 Å². The molecule has 0 aromatic carbocycles. The smallest absolute Gasteiger partial charge is 0.267 e. The third kappa shape index (κ3) is 3.84. The summed E-state index contributed by atoms with van der Waals surface area (Å²) < 4.78 is 7.28. The molecule has 1 saturated heterocycles. The molecule has 1 aliphatic carbocycles. The van der Waals surface area contributed by atoms with E-state index in [4.69, 9.17) is 4.42 Å². The number of aromatic nitrogens is 3. The molecule has 0 unspecified atom stereocenters. The predicted octanol–water partition coefficient (Wildman–Crippen LogP) is 2.33. The van der Waals surface area contributed by atoms with Crippen molar-refractivity contribution >= 4 is 0 Å². The van der Waals surface area contributed by atoms with E-state index in [9.17, 15) is 4.79 Å². The van der Waals surface area contributed by atoms with Crippen LogP contribution in [0.4, 0.5) is 0 Å². The summed E-state index contributed by atoms with van der Waals surface area (Å²) in [6.45, 7) is 5.49. The number of nitrogens with zero attached hydrogens (tertiary/aromatic N) is 4. The van der Waals surface area contributed by atoms with E-state index in [1.54, 1.807) is 10.9 Å². The molecule has 2 aromatic heterocycles. The van der Waals surface area contributed by atoms with Crippen LogP contribution in [0.1, 0.15) is 48.6 Å². The van der Waals surface area contributed by atoms with Crippen LogP contribution in [-0.4, -0.2) is 32.8 Å². The molecule has 0 saturated carbocycles. The molecule has 6 nitrogen and oxygen atoms in total. The lowest BCUT2D eigenvalue weighted by molar-refractivity contribution is 0.151. The number of fused-ring (bicyclic) bond motifs is 1. The first-order valence-electron chi connectivity index (χ1n) is 9.41. The predicted molar refractivity (Wildman–Crippen MR) is 94.4 cm³/mol. The highest BCUT2D eigenvalue weighted by molar-refractivity contribution is 5.20. The molecule has 134 valence electrons. The second-order valence-electron chi connectivity index (χ2n) is 7.43. The highest BCUT2D eigenvalue weighted by Crippen LogP contribution is 2.21. The minimum Gasteiger partial charge on any atom is -0.445 e. The van der Waals surface area contributed by atoms with Gasteiger partial charge < -0.3 is 4.42 Å². The maximum Gasteiger partial charge on any atom is 0.267 e. The van der Waals surface area contributed by atoms with Gasteiger partial charge in [0.15, 0.2) is 0 Å². The van der Waals surface area contributed by atoms with Crippen LogP contribution in [0.25, 0.3) is 0 Å². The molecular formula is C19H26N4O2. The van der Waals surface area contributed by atoms with Crippen LogP contribution in [-0.2, 0) is 25.9 Å². The lowest BCUT2D eigenvalue weighted by Crippen LogP contribution is -2.37. The number of likely N-dealkylation sites (tertiary alicyclic amines) is 1. The number of oxazole rings is 1. The van der Waals surface area contributed by atoms with Crippen molar-refractivity contribution in [3.05, 3.63) is 45.5 Å². The molecular weight excluding hydrogens is 316 g/mol. The average molecular weight is 342 g/mol. The molecule has 0 atom stereocenters. The van der Waals surface area contributed by atoms with Crippen molar-refractivity contribution in [3.8, 4) is 0 Å². The number of hydrogen-bond acceptors (Lipinski definition) is 5. The van der Waals surface area contributed by atoms with Gasteiger partial charge >= 0.3 is 0 Å². The van der Waals surface area contributed by atoms with Crippen molar-refractivity contribution in [2.24, 2.45) is 5.92 Å². The van der Waals surface area contributed by atoms with Gasteiger partial charge in [0.1, 0.15) is 5.76 Å². The third-order valence-electron chi connectivity index (χ3n) is 5.44. The molecule has 25 heavy (non-hydrogen) atoms. The molecule has 3 heterocycles. The van der Waals surface area contributed by atoms with Gasteiger partial charge in [-0.2, -0.15) is 5.10 Å². The monoisotopic (exact) mass is 342 g/mol. The molecule has 4 rings (SSSR count). The second kappa shape index (κ2) is 7.12. The van der Waals surface area contributed by atoms with Gasteiger partial charge in [0.25, 0.3) is 5.56 Å². The van der Waals surface area contributed by atoms with E-state index in [1.807, 2.05) is 13.0 Å². The molecule has 2 aromatic rings. The Balaban J connectivity index is 1.35. The first-order valence-corrected chi connectivity index (χ1v) is 9.41. The fourth-order valence-electron chi connectivity index (χ4n) is 3.97. The molecule has 2 aliphatic rings. The zero-order chi connectivity index (χ0) is 17.2. The quantitative estimate of drug-likeness (QED) is 0.853. The molecule has 6 heteroatoms. The summed E-state index contributed by atoms with van der Waals surface area (Å²) in [6, 6.07) is 1.82. The van der Waals surface area contributed by atoms with Crippen molar-refractivity contribution in [2.75, 3.05) is 13.1 Å². The van der Waals surface area contributed by atoms with Crippen LogP contribution >= 0.6 is 0 Å². The summed E-state index contributed by atoms with van der Waals surface area (Å²) in [5, 5.41) is 4.66. The Hall–Kier alpha value is -1.95. The summed E-state index contributed by atoms with van der Waals surface area (Å²) in [5.74, 6) is 2.18. The molecule has 0 bridgehead atoms. The van der Waals surface area contributed by atoms with Gasteiger partial charge in [-0.25, -0.2) is 9.67 Å². The Morgan fingerprint density at radius 1 is 1.24 bits per heavy atom. The third-order valence-corrected chi connectivity index (χ3v) is 5.44. The Bertz CT molecular complexity index is 787. The Labute approximate surface area is 147 Å². The largest absolute Gasteiger partial charge is 0.445 e. The molecule has 0 spiro atoms. The second-order valence-corrected chi connectivity index (χ2v) is 7.43. The van der Waals surface area contributed by atoms with Crippen LogP contribution in [0.15, 0.2) is 21.5 Å². The Kier molecular flexibility index (Phi) is 4.70. The topological polar surface area (TPSA) is 64.2 Å². The van der Waals surface area contributed by atoms with Gasteiger partial charge in [0.2, 0.25) is 5.89 Å². The highest BCUT2D eigenvalue weighted by Gasteiger charge is 2.22. The molecule has 1 aliphatic heterocycles. The summed E-state index contributed by atoms with van der Waals surface area (Å²) in [7, 11) is 0. The van der Waals surface area contributed by atoms with Crippen molar-refractivity contribution < 1.29 is 4.42 Å². The van der Waals surface area contributed by atoms with Gasteiger partial charge in [0.05, 0.1) is 18.4 Å². The molecule has 0 radical (unpaired) electrons. The van der Waals surface area contributed by atoms with Crippen LogP contribution in [0.3, 0.4) is 0 Å². The van der Waals surface area contributed by atoms with E-state index in [0.29, 0.717) is 5.92 Å². The van der Waals surface area contributed by atoms with Crippen molar-refractivity contribution in [1.29, 1.82) is 0 Å². The van der Waals surface area contributed by atoms with E-state index >= 15 is 0 Å². The van der Waals surface area contributed by atoms with Crippen LogP contribution < -0.4 is 5.56 Å². The van der Waals surface area contributed by atoms with Crippen molar-refractivity contribution in [1.82, 2.24) is 19.7 Å². The lowest BCUT2D eigenvalue weighted by atomic mass is 9.96. The fourth-order valence-corrected chi connectivity index (χ4v) is 3.97. The standard InChI is InChI=1S/C19H26N4O2/c1-14-11-20-18(25-14)13-22-8-6-15(7-9-22)12-23-19(24)10-16-4-2-3-5-17(16)21-23/h10-11,15H,2-9,12-13H2,1H3. The summed E-state index contributed by atoms with van der Waals surface area (Å²) in [4.78, 5) is 19.0. The SMILES string of the molecule is Cc1cnc(CN2CCC(Cn3nc4c(cc3=O)CCCC4)CC2)o1. The van der Waals surface area contributed by atoms with Gasteiger partial charge in [-0.3, -0.25) is 9.69 Å². The van der Waals surface area contributed by atoms with E-state index in [0.717, 1.165) is 69.2 Å². The molecule has 0 N–H and O–H groups in total. The summed E-state index contributed by atoms with van der Waals surface area (Å²) in [6.07, 6.45) is 8.35. The first-order chi connectivity index (χ1) is 12.2. The minimum absolute atomic E-state index is 0.0679. The van der Waals surface area contributed by atoms with E-state index in [-0.39, 0.29) is 5.56 Å². The normalized spacial score (nSPS) is 19.1. The first kappa shape index (κ1) is 16.5. The van der Waals surface area contributed by atoms with Crippen LogP contribution in [0, 0.1) is 12.8 Å². The lowest BCUT2D eigenvalue weighted by Gasteiger charge is -2.31. The summed E-state index contributed by atoms with van der Waals surface area (Å²) >= 11 is 0. The highest BCUT2D eigenvalue weighted by atomic mass is 16.4. The van der Waals surface area contributed by atoms with Gasteiger partial charge in [-0.05, 0) is 70.0 Å². The minimum atomic E-state index is 0.0679. The average Bonchev–Trinajstić information content (AvgIpc) is 3.02. The number of hydrogen-bond donors (Lipinski definition) is 0. The van der Waals surface area contributed by atoms with Gasteiger partial charge in [-0.15, -0.1) is 0 Å². The van der Waals surface area contributed by atoms with Crippen LogP contribution in [0.5, 0.6) is 0 Å². The summed E-state index contributed by atoms with van der Waals surface area (Å²) in [5.41, 5.74) is 2.38. The maximum atomic E-state index is 12.3. The zero-order valence-corrected chi connectivity index (χ0v) is 14.9. The maximum absolute atomic E-state index is 12.3. The number of piperidine rings is 1. The van der Waals surface area contributed by atoms with Gasteiger partial charge in [-0.1, -0.05) is 0 Å². The van der Waals surface area contributed by atoms with E-state index in [2.05, 4.69) is 15.0 Å². The fraction of sp³-hybridized carbons (Fsp3) is 0.632. The molecule has 1 fully saturated rings. The number of rotatable bonds is 4.